The standard InChI is InChI=1S/C16H21N5O6S2/c17-15(22)11-27-13-2-4-14(5-3-13)28(23,24)20-6-1-7-21(9-8-20)29(25,26)16-10-18-12-19-16/h2-5,10,12H,1,6-9,11H2,(H2,17,22)(H,18,19). The predicted octanol–water partition coefficient (Wildman–Crippen LogP) is -0.641. The Labute approximate surface area is 168 Å². The molecule has 2 aromatic rings. The van der Waals surface area contributed by atoms with Gasteiger partial charge in [0.15, 0.2) is 11.6 Å². The molecule has 1 aromatic carbocycles. The normalized spacial score (nSPS) is 17.0. The van der Waals surface area contributed by atoms with E-state index in [1.165, 1.54) is 45.4 Å². The summed E-state index contributed by atoms with van der Waals surface area (Å²) in [4.78, 5) is 17.1. The summed E-state index contributed by atoms with van der Waals surface area (Å²) in [5.74, 6) is -0.323. The highest BCUT2D eigenvalue weighted by molar-refractivity contribution is 7.89. The number of carbonyl (C=O) groups excluding carboxylic acids is 1. The summed E-state index contributed by atoms with van der Waals surface area (Å²) in [6.07, 6.45) is 2.85. The molecule has 13 heteroatoms. The summed E-state index contributed by atoms with van der Waals surface area (Å²) in [7, 11) is -7.57. The molecule has 0 radical (unpaired) electrons. The smallest absolute Gasteiger partial charge is 0.260 e. The van der Waals surface area contributed by atoms with Gasteiger partial charge >= 0.3 is 0 Å². The van der Waals surface area contributed by atoms with Crippen molar-refractivity contribution >= 4 is 26.0 Å². The molecule has 0 spiro atoms. The van der Waals surface area contributed by atoms with Crippen molar-refractivity contribution in [2.45, 2.75) is 16.3 Å². The number of imidazole rings is 1. The van der Waals surface area contributed by atoms with Gasteiger partial charge in [0, 0.05) is 26.2 Å². The number of nitrogens with two attached hydrogens (primary N) is 1. The Morgan fingerprint density at radius 2 is 1.66 bits per heavy atom. The fourth-order valence-electron chi connectivity index (χ4n) is 2.89. The lowest BCUT2D eigenvalue weighted by Gasteiger charge is -2.21. The molecule has 158 valence electrons. The summed E-state index contributed by atoms with van der Waals surface area (Å²) in [5.41, 5.74) is 5.01. The largest absolute Gasteiger partial charge is 0.484 e. The highest BCUT2D eigenvalue weighted by atomic mass is 32.2. The zero-order valence-electron chi connectivity index (χ0n) is 15.4. The van der Waals surface area contributed by atoms with Crippen molar-refractivity contribution in [2.75, 3.05) is 32.8 Å². The fourth-order valence-corrected chi connectivity index (χ4v) is 5.72. The number of sulfonamides is 2. The lowest BCUT2D eigenvalue weighted by molar-refractivity contribution is -0.119. The monoisotopic (exact) mass is 443 g/mol. The Balaban J connectivity index is 1.71. The van der Waals surface area contributed by atoms with Crippen molar-refractivity contribution in [2.24, 2.45) is 5.73 Å². The third-order valence-corrected chi connectivity index (χ3v) is 8.08. The number of aromatic amines is 1. The quantitative estimate of drug-likeness (QED) is 0.576. The molecule has 0 aliphatic carbocycles. The van der Waals surface area contributed by atoms with E-state index >= 15 is 0 Å². The lowest BCUT2D eigenvalue weighted by Crippen LogP contribution is -2.37. The SMILES string of the molecule is NC(=O)COc1ccc(S(=O)(=O)N2CCCN(S(=O)(=O)c3cnc[nH]3)CC2)cc1. The van der Waals surface area contributed by atoms with Crippen LogP contribution in [0, 0.1) is 0 Å². The van der Waals surface area contributed by atoms with Gasteiger partial charge < -0.3 is 15.5 Å². The minimum Gasteiger partial charge on any atom is -0.484 e. The average Bonchev–Trinajstić information content (AvgIpc) is 3.11. The van der Waals surface area contributed by atoms with Crippen molar-refractivity contribution in [1.82, 2.24) is 18.6 Å². The van der Waals surface area contributed by atoms with Crippen LogP contribution in [-0.2, 0) is 24.8 Å². The number of nitrogens with one attached hydrogen (secondary N) is 1. The van der Waals surface area contributed by atoms with Crippen LogP contribution in [-0.4, -0.2) is 74.1 Å². The molecule has 1 fully saturated rings. The first-order valence-electron chi connectivity index (χ1n) is 8.71. The van der Waals surface area contributed by atoms with E-state index in [0.717, 1.165) is 0 Å². The molecule has 3 N–H and O–H groups in total. The predicted molar refractivity (Wildman–Crippen MR) is 102 cm³/mol. The molecular formula is C16H21N5O6S2. The molecule has 1 aliphatic rings. The number of carbonyl (C=O) groups is 1. The molecule has 3 rings (SSSR count). The van der Waals surface area contributed by atoms with E-state index in [-0.39, 0.29) is 42.7 Å². The van der Waals surface area contributed by atoms with Gasteiger partial charge in [-0.1, -0.05) is 0 Å². The first kappa shape index (κ1) is 21.2. The van der Waals surface area contributed by atoms with Crippen LogP contribution in [0.1, 0.15) is 6.42 Å². The summed E-state index contributed by atoms with van der Waals surface area (Å²) in [5, 5.41) is -0.0274. The molecule has 0 saturated carbocycles. The van der Waals surface area contributed by atoms with Gasteiger partial charge in [0.25, 0.3) is 15.9 Å². The first-order chi connectivity index (χ1) is 13.7. The topological polar surface area (TPSA) is 156 Å². The van der Waals surface area contributed by atoms with Gasteiger partial charge in [-0.2, -0.15) is 8.61 Å². The lowest BCUT2D eigenvalue weighted by atomic mass is 10.3. The zero-order chi connectivity index (χ0) is 21.1. The number of benzene rings is 1. The number of H-pyrrole nitrogens is 1. The van der Waals surface area contributed by atoms with Crippen molar-refractivity contribution in [3.63, 3.8) is 0 Å². The van der Waals surface area contributed by atoms with Crippen LogP contribution in [0.15, 0.2) is 46.7 Å². The number of amides is 1. The number of aromatic nitrogens is 2. The van der Waals surface area contributed by atoms with Crippen LogP contribution in [0.2, 0.25) is 0 Å². The third kappa shape index (κ3) is 4.75. The van der Waals surface area contributed by atoms with Crippen molar-refractivity contribution in [3.8, 4) is 5.75 Å². The van der Waals surface area contributed by atoms with E-state index in [4.69, 9.17) is 10.5 Å². The maximum absolute atomic E-state index is 12.9. The van der Waals surface area contributed by atoms with Crippen LogP contribution in [0.3, 0.4) is 0 Å². The van der Waals surface area contributed by atoms with Gasteiger partial charge in [-0.15, -0.1) is 0 Å². The van der Waals surface area contributed by atoms with E-state index in [1.807, 2.05) is 0 Å². The maximum Gasteiger partial charge on any atom is 0.260 e. The number of nitrogens with zero attached hydrogens (tertiary/aromatic N) is 3. The minimum atomic E-state index is -3.81. The molecular weight excluding hydrogens is 422 g/mol. The average molecular weight is 444 g/mol. The molecule has 29 heavy (non-hydrogen) atoms. The van der Waals surface area contributed by atoms with Gasteiger partial charge in [-0.05, 0) is 30.7 Å². The molecule has 0 unspecified atom stereocenters. The maximum atomic E-state index is 12.9. The molecule has 1 aromatic heterocycles. The van der Waals surface area contributed by atoms with Gasteiger partial charge in [-0.25, -0.2) is 21.8 Å². The molecule has 11 nitrogen and oxygen atoms in total. The van der Waals surface area contributed by atoms with Crippen LogP contribution < -0.4 is 10.5 Å². The van der Waals surface area contributed by atoms with Crippen LogP contribution >= 0.6 is 0 Å². The summed E-state index contributed by atoms with van der Waals surface area (Å²) in [6.45, 7) is 0.138. The number of hydrogen-bond donors (Lipinski definition) is 2. The van der Waals surface area contributed by atoms with Gasteiger partial charge in [0.1, 0.15) is 5.75 Å². The van der Waals surface area contributed by atoms with E-state index in [2.05, 4.69) is 9.97 Å². The Morgan fingerprint density at radius 3 is 2.21 bits per heavy atom. The molecule has 0 bridgehead atoms. The number of primary amides is 1. The van der Waals surface area contributed by atoms with E-state index in [1.54, 1.807) is 0 Å². The number of ether oxygens (including phenoxy) is 1. The van der Waals surface area contributed by atoms with Gasteiger partial charge in [-0.3, -0.25) is 4.79 Å². The second-order valence-electron chi connectivity index (χ2n) is 6.30. The second-order valence-corrected chi connectivity index (χ2v) is 10.1. The molecule has 2 heterocycles. The van der Waals surface area contributed by atoms with E-state index in [9.17, 15) is 21.6 Å². The van der Waals surface area contributed by atoms with Crippen LogP contribution in [0.25, 0.3) is 0 Å². The Morgan fingerprint density at radius 1 is 1.03 bits per heavy atom. The van der Waals surface area contributed by atoms with Crippen molar-refractivity contribution < 1.29 is 26.4 Å². The Bertz CT molecular complexity index is 1050. The highest BCUT2D eigenvalue weighted by Crippen LogP contribution is 2.22. The minimum absolute atomic E-state index is 0.0234. The Kier molecular flexibility index (Phi) is 6.21. The summed E-state index contributed by atoms with van der Waals surface area (Å²) in [6, 6.07) is 5.61. The Hall–Kier alpha value is -2.48. The molecule has 0 atom stereocenters. The van der Waals surface area contributed by atoms with Gasteiger partial charge in [0.2, 0.25) is 10.0 Å². The molecule has 1 saturated heterocycles. The third-order valence-electron chi connectivity index (χ3n) is 4.35. The number of rotatable bonds is 7. The molecule has 1 aliphatic heterocycles. The van der Waals surface area contributed by atoms with Crippen LogP contribution in [0.4, 0.5) is 0 Å². The van der Waals surface area contributed by atoms with Gasteiger partial charge in [0.05, 0.1) is 17.4 Å². The first-order valence-corrected chi connectivity index (χ1v) is 11.6. The van der Waals surface area contributed by atoms with E-state index in [0.29, 0.717) is 12.2 Å². The summed E-state index contributed by atoms with van der Waals surface area (Å²) >= 11 is 0. The van der Waals surface area contributed by atoms with Crippen molar-refractivity contribution in [3.05, 3.63) is 36.8 Å². The zero-order valence-corrected chi connectivity index (χ0v) is 17.0. The van der Waals surface area contributed by atoms with E-state index < -0.39 is 26.0 Å². The second kappa shape index (κ2) is 8.49. The van der Waals surface area contributed by atoms with Crippen molar-refractivity contribution in [1.29, 1.82) is 0 Å². The van der Waals surface area contributed by atoms with Crippen LogP contribution in [0.5, 0.6) is 5.75 Å². The molecule has 1 amide bonds. The number of hydrogen-bond acceptors (Lipinski definition) is 7. The summed E-state index contributed by atoms with van der Waals surface area (Å²) < 4.78 is 58.7. The fraction of sp³-hybridized carbons (Fsp3) is 0.375. The highest BCUT2D eigenvalue weighted by Gasteiger charge is 2.32.